The van der Waals surface area contributed by atoms with E-state index >= 15 is 0 Å². The Balaban J connectivity index is 2.26. The van der Waals surface area contributed by atoms with E-state index in [2.05, 4.69) is 39.1 Å². The van der Waals surface area contributed by atoms with Crippen LogP contribution in [0.2, 0.25) is 0 Å². The zero-order chi connectivity index (χ0) is 11.6. The predicted octanol–water partition coefficient (Wildman–Crippen LogP) is 1.84. The molecule has 2 heterocycles. The lowest BCUT2D eigenvalue weighted by molar-refractivity contribution is 0.413. The summed E-state index contributed by atoms with van der Waals surface area (Å²) in [6.45, 7) is 5.06. The van der Waals surface area contributed by atoms with Gasteiger partial charge in [-0.2, -0.15) is 0 Å². The first-order chi connectivity index (χ1) is 7.63. The maximum Gasteiger partial charge on any atom is 0.0952 e. The number of aromatic nitrogens is 3. The summed E-state index contributed by atoms with van der Waals surface area (Å²) in [5.74, 6) is 0. The number of hydrogen-bond donors (Lipinski definition) is 1. The Kier molecular flexibility index (Phi) is 3.07. The highest BCUT2D eigenvalue weighted by atomic mass is 32.1. The van der Waals surface area contributed by atoms with E-state index in [9.17, 15) is 0 Å². The van der Waals surface area contributed by atoms with Gasteiger partial charge in [0.25, 0.3) is 0 Å². The molecule has 0 saturated heterocycles. The summed E-state index contributed by atoms with van der Waals surface area (Å²) in [4.78, 5) is 8.51. The van der Waals surface area contributed by atoms with E-state index < -0.39 is 0 Å². The van der Waals surface area contributed by atoms with Crippen molar-refractivity contribution in [2.75, 3.05) is 7.05 Å². The summed E-state index contributed by atoms with van der Waals surface area (Å²) in [5.41, 5.74) is 4.03. The van der Waals surface area contributed by atoms with Crippen LogP contribution in [0.4, 0.5) is 0 Å². The molecule has 0 bridgehead atoms. The van der Waals surface area contributed by atoms with Crippen LogP contribution in [-0.4, -0.2) is 21.6 Å². The monoisotopic (exact) mass is 236 g/mol. The molecule has 0 amide bonds. The summed E-state index contributed by atoms with van der Waals surface area (Å²) in [7, 11) is 1.96. The molecule has 0 unspecified atom stereocenters. The Labute approximate surface area is 99.4 Å². The zero-order valence-corrected chi connectivity index (χ0v) is 10.6. The molecule has 0 aliphatic rings. The maximum atomic E-state index is 4.29. The molecular formula is C11H16N4S. The largest absolute Gasteiger partial charge is 0.327 e. The third kappa shape index (κ3) is 2.15. The first-order valence-corrected chi connectivity index (χ1v) is 6.14. The highest BCUT2D eigenvalue weighted by molar-refractivity contribution is 7.07. The summed E-state index contributed by atoms with van der Waals surface area (Å²) in [6, 6.07) is 0. The van der Waals surface area contributed by atoms with E-state index in [1.807, 2.05) is 25.1 Å². The molecule has 86 valence electrons. The van der Waals surface area contributed by atoms with Crippen LogP contribution >= 0.6 is 11.3 Å². The van der Waals surface area contributed by atoms with Crippen molar-refractivity contribution in [2.24, 2.45) is 0 Å². The minimum atomic E-state index is -0.0769. The van der Waals surface area contributed by atoms with Gasteiger partial charge in [-0.05, 0) is 20.9 Å². The van der Waals surface area contributed by atoms with E-state index in [0.29, 0.717) is 0 Å². The summed E-state index contributed by atoms with van der Waals surface area (Å²) in [5, 5.41) is 5.35. The molecule has 0 aliphatic heterocycles. The SMILES string of the molecule is CNC(C)(C)c1cncn1Cc1cscn1. The van der Waals surface area contributed by atoms with Crippen molar-refractivity contribution in [1.29, 1.82) is 0 Å². The average Bonchev–Trinajstić information content (AvgIpc) is 2.89. The van der Waals surface area contributed by atoms with Gasteiger partial charge < -0.3 is 9.88 Å². The third-order valence-corrected chi connectivity index (χ3v) is 3.43. The van der Waals surface area contributed by atoms with Crippen LogP contribution in [0.1, 0.15) is 25.2 Å². The first-order valence-electron chi connectivity index (χ1n) is 5.20. The molecule has 2 aromatic rings. The molecule has 16 heavy (non-hydrogen) atoms. The van der Waals surface area contributed by atoms with Gasteiger partial charge in [0.1, 0.15) is 0 Å². The fourth-order valence-electron chi connectivity index (χ4n) is 1.59. The van der Waals surface area contributed by atoms with Crippen LogP contribution in [0, 0.1) is 0 Å². The number of hydrogen-bond acceptors (Lipinski definition) is 4. The first kappa shape index (κ1) is 11.3. The van der Waals surface area contributed by atoms with Crippen LogP contribution in [0.15, 0.2) is 23.4 Å². The second-order valence-electron chi connectivity index (χ2n) is 4.26. The van der Waals surface area contributed by atoms with Gasteiger partial charge in [0.05, 0.1) is 41.5 Å². The van der Waals surface area contributed by atoms with Crippen molar-refractivity contribution in [3.8, 4) is 0 Å². The van der Waals surface area contributed by atoms with Gasteiger partial charge in [-0.1, -0.05) is 0 Å². The van der Waals surface area contributed by atoms with Gasteiger partial charge in [0, 0.05) is 5.38 Å². The molecule has 0 radical (unpaired) electrons. The van der Waals surface area contributed by atoms with Gasteiger partial charge in [-0.3, -0.25) is 0 Å². The molecule has 0 fully saturated rings. The van der Waals surface area contributed by atoms with Crippen molar-refractivity contribution in [2.45, 2.75) is 25.9 Å². The highest BCUT2D eigenvalue weighted by Crippen LogP contribution is 2.19. The van der Waals surface area contributed by atoms with E-state index in [-0.39, 0.29) is 5.54 Å². The van der Waals surface area contributed by atoms with Crippen molar-refractivity contribution in [1.82, 2.24) is 19.9 Å². The van der Waals surface area contributed by atoms with E-state index in [0.717, 1.165) is 12.2 Å². The van der Waals surface area contributed by atoms with Crippen molar-refractivity contribution >= 4 is 11.3 Å². The lowest BCUT2D eigenvalue weighted by Gasteiger charge is -2.25. The number of imidazole rings is 1. The Morgan fingerprint density at radius 1 is 1.50 bits per heavy atom. The number of thiazole rings is 1. The molecule has 2 rings (SSSR count). The Morgan fingerprint density at radius 3 is 2.94 bits per heavy atom. The molecule has 1 N–H and O–H groups in total. The highest BCUT2D eigenvalue weighted by Gasteiger charge is 2.22. The Hall–Kier alpha value is -1.20. The van der Waals surface area contributed by atoms with Gasteiger partial charge in [0.2, 0.25) is 0 Å². The fourth-order valence-corrected chi connectivity index (χ4v) is 2.13. The van der Waals surface area contributed by atoms with Crippen LogP contribution in [-0.2, 0) is 12.1 Å². The van der Waals surface area contributed by atoms with Gasteiger partial charge in [-0.25, -0.2) is 9.97 Å². The lowest BCUT2D eigenvalue weighted by atomic mass is 10.0. The normalized spacial score (nSPS) is 11.9. The van der Waals surface area contributed by atoms with Gasteiger partial charge in [-0.15, -0.1) is 11.3 Å². The molecule has 0 aromatic carbocycles. The zero-order valence-electron chi connectivity index (χ0n) is 9.77. The van der Waals surface area contributed by atoms with Gasteiger partial charge >= 0.3 is 0 Å². The second kappa shape index (κ2) is 4.35. The Bertz CT molecular complexity index is 444. The van der Waals surface area contributed by atoms with Crippen LogP contribution < -0.4 is 5.32 Å². The summed E-state index contributed by atoms with van der Waals surface area (Å²) in [6.07, 6.45) is 3.76. The molecule has 5 heteroatoms. The molecule has 0 atom stereocenters. The lowest BCUT2D eigenvalue weighted by Crippen LogP contribution is -2.35. The van der Waals surface area contributed by atoms with Gasteiger partial charge in [0.15, 0.2) is 0 Å². The predicted molar refractivity (Wildman–Crippen MR) is 65.5 cm³/mol. The summed E-state index contributed by atoms with van der Waals surface area (Å²) < 4.78 is 2.13. The smallest absolute Gasteiger partial charge is 0.0952 e. The molecule has 4 nitrogen and oxygen atoms in total. The number of rotatable bonds is 4. The maximum absolute atomic E-state index is 4.29. The fraction of sp³-hybridized carbons (Fsp3) is 0.455. The number of nitrogens with zero attached hydrogens (tertiary/aromatic N) is 3. The molecular weight excluding hydrogens is 220 g/mol. The average molecular weight is 236 g/mol. The molecule has 2 aromatic heterocycles. The standard InChI is InChI=1S/C11H16N4S/c1-11(2,12-3)10-4-13-7-15(10)5-9-6-16-8-14-9/h4,6-8,12H,5H2,1-3H3. The second-order valence-corrected chi connectivity index (χ2v) is 4.98. The molecule has 0 spiro atoms. The quantitative estimate of drug-likeness (QED) is 0.881. The third-order valence-electron chi connectivity index (χ3n) is 2.79. The minimum Gasteiger partial charge on any atom is -0.327 e. The van der Waals surface area contributed by atoms with Crippen molar-refractivity contribution in [3.63, 3.8) is 0 Å². The summed E-state index contributed by atoms with van der Waals surface area (Å²) >= 11 is 1.62. The van der Waals surface area contributed by atoms with Crippen LogP contribution in [0.25, 0.3) is 0 Å². The molecule has 0 saturated carbocycles. The topological polar surface area (TPSA) is 42.7 Å². The molecule has 0 aliphatic carbocycles. The minimum absolute atomic E-state index is 0.0769. The van der Waals surface area contributed by atoms with Crippen LogP contribution in [0.3, 0.4) is 0 Å². The van der Waals surface area contributed by atoms with Crippen molar-refractivity contribution in [3.05, 3.63) is 34.8 Å². The number of nitrogens with one attached hydrogen (secondary N) is 1. The van der Waals surface area contributed by atoms with E-state index in [1.165, 1.54) is 5.69 Å². The van der Waals surface area contributed by atoms with Crippen molar-refractivity contribution < 1.29 is 0 Å². The van der Waals surface area contributed by atoms with Crippen LogP contribution in [0.5, 0.6) is 0 Å². The van der Waals surface area contributed by atoms with E-state index in [1.54, 1.807) is 11.3 Å². The Morgan fingerprint density at radius 2 is 2.31 bits per heavy atom. The van der Waals surface area contributed by atoms with E-state index in [4.69, 9.17) is 0 Å².